The third-order valence-corrected chi connectivity index (χ3v) is 5.77. The van der Waals surface area contributed by atoms with Crippen LogP contribution >= 0.6 is 0 Å². The van der Waals surface area contributed by atoms with Crippen LogP contribution in [-0.2, 0) is 20.0 Å². The van der Waals surface area contributed by atoms with E-state index in [2.05, 4.69) is 21.2 Å². The third kappa shape index (κ3) is 2.68. The smallest absolute Gasteiger partial charge is 0.262 e. The van der Waals surface area contributed by atoms with Gasteiger partial charge in [-0.15, -0.1) is 10.2 Å². The Labute approximate surface area is 168 Å². The molecule has 0 spiro atoms. The van der Waals surface area contributed by atoms with Gasteiger partial charge in [-0.1, -0.05) is 23.8 Å². The highest BCUT2D eigenvalue weighted by atomic mass is 16.5. The molecular formula is C22H23N5O2. The highest BCUT2D eigenvalue weighted by Crippen LogP contribution is 2.36. The molecule has 2 aromatic carbocycles. The van der Waals surface area contributed by atoms with Crippen LogP contribution in [0, 0.1) is 6.92 Å². The largest absolute Gasteiger partial charge is 0.495 e. The van der Waals surface area contributed by atoms with Crippen LogP contribution < -0.4 is 15.2 Å². The number of para-hydroxylation sites is 1. The molecule has 0 fully saturated rings. The van der Waals surface area contributed by atoms with Crippen LogP contribution in [0.1, 0.15) is 23.4 Å². The molecule has 7 nitrogen and oxygen atoms in total. The van der Waals surface area contributed by atoms with Crippen LogP contribution in [0.25, 0.3) is 16.7 Å². The Bertz CT molecular complexity index is 1290. The molecule has 1 aliphatic rings. The molecule has 2 aromatic heterocycles. The van der Waals surface area contributed by atoms with E-state index in [0.29, 0.717) is 17.7 Å². The Hall–Kier alpha value is -3.35. The van der Waals surface area contributed by atoms with E-state index in [-0.39, 0.29) is 5.56 Å². The van der Waals surface area contributed by atoms with Crippen molar-refractivity contribution < 1.29 is 4.74 Å². The van der Waals surface area contributed by atoms with Crippen molar-refractivity contribution in [3.8, 4) is 5.75 Å². The van der Waals surface area contributed by atoms with Gasteiger partial charge in [-0.2, -0.15) is 0 Å². The van der Waals surface area contributed by atoms with Gasteiger partial charge in [0.1, 0.15) is 5.75 Å². The predicted octanol–water partition coefficient (Wildman–Crippen LogP) is 2.85. The number of aromatic nitrogens is 4. The molecule has 0 atom stereocenters. The zero-order valence-electron chi connectivity index (χ0n) is 16.8. The van der Waals surface area contributed by atoms with Crippen molar-refractivity contribution in [3.63, 3.8) is 0 Å². The number of hydrogen-bond donors (Lipinski definition) is 0. The summed E-state index contributed by atoms with van der Waals surface area (Å²) in [5.74, 6) is 2.24. The van der Waals surface area contributed by atoms with Crippen LogP contribution in [0.2, 0.25) is 0 Å². The molecule has 0 radical (unpaired) electrons. The summed E-state index contributed by atoms with van der Waals surface area (Å²) < 4.78 is 9.21. The second kappa shape index (κ2) is 6.62. The van der Waals surface area contributed by atoms with E-state index in [0.717, 1.165) is 47.7 Å². The van der Waals surface area contributed by atoms with E-state index in [1.807, 2.05) is 41.7 Å². The summed E-state index contributed by atoms with van der Waals surface area (Å²) in [7, 11) is 3.46. The molecular weight excluding hydrogens is 366 g/mol. The summed E-state index contributed by atoms with van der Waals surface area (Å²) in [6.45, 7) is 3.51. The Kier molecular flexibility index (Phi) is 4.04. The average molecular weight is 389 g/mol. The lowest BCUT2D eigenvalue weighted by molar-refractivity contribution is 0.412. The molecule has 0 saturated heterocycles. The molecule has 0 N–H and O–H groups in total. The normalized spacial score (nSPS) is 13.8. The minimum Gasteiger partial charge on any atom is -0.495 e. The van der Waals surface area contributed by atoms with Crippen LogP contribution in [0.3, 0.4) is 0 Å². The standard InChI is InChI=1S/C22H23N5O2/c1-14-9-10-17-16(12-14)21(28)25(2)22-24-23-19(27(17)22)13-26-11-5-7-15-6-4-8-18(29-3)20(15)26/h4,6,8-10,12H,5,7,11,13H2,1-3H3. The molecule has 7 heteroatoms. The predicted molar refractivity (Wildman–Crippen MR) is 113 cm³/mol. The number of fused-ring (bicyclic) bond motifs is 4. The second-order valence-electron chi connectivity index (χ2n) is 7.63. The first-order chi connectivity index (χ1) is 14.1. The summed E-state index contributed by atoms with van der Waals surface area (Å²) in [6.07, 6.45) is 2.12. The van der Waals surface area contributed by atoms with Gasteiger partial charge in [0.25, 0.3) is 5.56 Å². The number of hydrogen-bond acceptors (Lipinski definition) is 5. The van der Waals surface area contributed by atoms with Crippen molar-refractivity contribution >= 4 is 22.4 Å². The Balaban J connectivity index is 1.69. The van der Waals surface area contributed by atoms with Gasteiger partial charge in [-0.25, -0.2) is 0 Å². The molecule has 0 aliphatic carbocycles. The van der Waals surface area contributed by atoms with E-state index >= 15 is 0 Å². The van der Waals surface area contributed by atoms with E-state index < -0.39 is 0 Å². The maximum Gasteiger partial charge on any atom is 0.262 e. The average Bonchev–Trinajstić information content (AvgIpc) is 3.15. The number of nitrogens with zero attached hydrogens (tertiary/aromatic N) is 5. The van der Waals surface area contributed by atoms with Gasteiger partial charge >= 0.3 is 0 Å². The first kappa shape index (κ1) is 17.7. The summed E-state index contributed by atoms with van der Waals surface area (Å²) in [4.78, 5) is 15.1. The number of benzene rings is 2. The van der Waals surface area contributed by atoms with Crippen molar-refractivity contribution in [2.24, 2.45) is 7.05 Å². The summed E-state index contributed by atoms with van der Waals surface area (Å²) >= 11 is 0. The van der Waals surface area contributed by atoms with Crippen molar-refractivity contribution in [2.45, 2.75) is 26.3 Å². The van der Waals surface area contributed by atoms with Crippen molar-refractivity contribution in [1.82, 2.24) is 19.2 Å². The van der Waals surface area contributed by atoms with Crippen LogP contribution in [0.5, 0.6) is 5.75 Å². The zero-order valence-corrected chi connectivity index (χ0v) is 16.8. The van der Waals surface area contributed by atoms with Gasteiger partial charge in [0.2, 0.25) is 5.78 Å². The number of ether oxygens (including phenoxy) is 1. The zero-order chi connectivity index (χ0) is 20.1. The Morgan fingerprint density at radius 1 is 1.17 bits per heavy atom. The van der Waals surface area contributed by atoms with Gasteiger partial charge < -0.3 is 9.64 Å². The van der Waals surface area contributed by atoms with E-state index in [1.54, 1.807) is 18.7 Å². The quantitative estimate of drug-likeness (QED) is 0.539. The van der Waals surface area contributed by atoms with E-state index in [9.17, 15) is 4.79 Å². The van der Waals surface area contributed by atoms with Gasteiger partial charge in [0, 0.05) is 13.6 Å². The Morgan fingerprint density at radius 3 is 2.86 bits per heavy atom. The molecule has 0 amide bonds. The van der Waals surface area contributed by atoms with Gasteiger partial charge in [-0.3, -0.25) is 13.8 Å². The number of aryl methyl sites for hydroxylation is 3. The summed E-state index contributed by atoms with van der Waals surface area (Å²) in [5, 5.41) is 9.48. The van der Waals surface area contributed by atoms with E-state index in [1.165, 1.54) is 5.56 Å². The molecule has 0 saturated carbocycles. The molecule has 3 heterocycles. The molecule has 5 rings (SSSR count). The number of anilines is 1. The fraction of sp³-hybridized carbons (Fsp3) is 0.318. The highest BCUT2D eigenvalue weighted by Gasteiger charge is 2.24. The van der Waals surface area contributed by atoms with Crippen molar-refractivity contribution in [3.05, 3.63) is 63.7 Å². The number of rotatable bonds is 3. The molecule has 0 bridgehead atoms. The lowest BCUT2D eigenvalue weighted by atomic mass is 10.0. The lowest BCUT2D eigenvalue weighted by Crippen LogP contribution is -2.30. The molecule has 0 unspecified atom stereocenters. The topological polar surface area (TPSA) is 64.7 Å². The minimum atomic E-state index is -0.0554. The highest BCUT2D eigenvalue weighted by molar-refractivity contribution is 5.81. The fourth-order valence-corrected chi connectivity index (χ4v) is 4.36. The lowest BCUT2D eigenvalue weighted by Gasteiger charge is -2.32. The maximum atomic E-state index is 12.8. The van der Waals surface area contributed by atoms with Crippen LogP contribution in [-0.4, -0.2) is 32.8 Å². The van der Waals surface area contributed by atoms with Gasteiger partial charge in [0.15, 0.2) is 5.82 Å². The van der Waals surface area contributed by atoms with Gasteiger partial charge in [0.05, 0.1) is 30.2 Å². The van der Waals surface area contributed by atoms with Gasteiger partial charge in [-0.05, 0) is 43.5 Å². The maximum absolute atomic E-state index is 12.8. The monoisotopic (exact) mass is 389 g/mol. The Morgan fingerprint density at radius 2 is 2.03 bits per heavy atom. The summed E-state index contributed by atoms with van der Waals surface area (Å²) in [6, 6.07) is 12.1. The minimum absolute atomic E-state index is 0.0554. The summed E-state index contributed by atoms with van der Waals surface area (Å²) in [5.41, 5.74) is 4.25. The van der Waals surface area contributed by atoms with Crippen molar-refractivity contribution in [1.29, 1.82) is 0 Å². The van der Waals surface area contributed by atoms with E-state index in [4.69, 9.17) is 4.74 Å². The number of methoxy groups -OCH3 is 1. The SMILES string of the molecule is COc1cccc2c1N(Cc1nnc3n(C)c(=O)c4cc(C)ccc4n13)CCC2. The van der Waals surface area contributed by atoms with Crippen LogP contribution in [0.4, 0.5) is 5.69 Å². The molecule has 148 valence electrons. The molecule has 29 heavy (non-hydrogen) atoms. The van der Waals surface area contributed by atoms with Crippen molar-refractivity contribution in [2.75, 3.05) is 18.6 Å². The first-order valence-corrected chi connectivity index (χ1v) is 9.82. The van der Waals surface area contributed by atoms with Crippen LogP contribution in [0.15, 0.2) is 41.2 Å². The molecule has 1 aliphatic heterocycles. The molecule has 4 aromatic rings. The third-order valence-electron chi connectivity index (χ3n) is 5.77. The first-order valence-electron chi connectivity index (χ1n) is 9.82. The fourth-order valence-electron chi connectivity index (χ4n) is 4.36. The second-order valence-corrected chi connectivity index (χ2v) is 7.63.